The first-order valence-electron chi connectivity index (χ1n) is 10.8. The molecule has 2 aliphatic heterocycles. The van der Waals surface area contributed by atoms with E-state index >= 15 is 0 Å². The summed E-state index contributed by atoms with van der Waals surface area (Å²) in [4.78, 5) is 28.8. The van der Waals surface area contributed by atoms with Crippen LogP contribution < -0.4 is 4.90 Å². The molecule has 7 nitrogen and oxygen atoms in total. The number of cyclic esters (lactones) is 1. The van der Waals surface area contributed by atoms with Crippen LogP contribution >= 0.6 is 0 Å². The summed E-state index contributed by atoms with van der Waals surface area (Å²) < 4.78 is 47.5. The number of carbonyl (C=O) groups excluding carboxylic acids is 2. The standard InChI is InChI=1S/C24H21F3N4O3/c1-14-11-30-20(12-29(14)22(32)9-15-7-17(25)23(27)18(26)8-15)19(10-28-30)31-21(13-34-24(31)33)16-5-3-2-4-6-16/h2-8,10,14,21H,9,11-13H2,1H3/t14-,21-/m0/s1. The molecule has 1 aromatic heterocycles. The smallest absolute Gasteiger partial charge is 0.415 e. The van der Waals surface area contributed by atoms with Crippen molar-refractivity contribution in [1.29, 1.82) is 0 Å². The Morgan fingerprint density at radius 3 is 2.56 bits per heavy atom. The maximum absolute atomic E-state index is 13.6. The molecule has 2 atom stereocenters. The van der Waals surface area contributed by atoms with Crippen molar-refractivity contribution in [1.82, 2.24) is 14.7 Å². The van der Waals surface area contributed by atoms with Crippen LogP contribution in [0.25, 0.3) is 0 Å². The molecule has 0 spiro atoms. The Morgan fingerprint density at radius 2 is 1.85 bits per heavy atom. The van der Waals surface area contributed by atoms with Crippen LogP contribution in [0.15, 0.2) is 48.7 Å². The Hall–Kier alpha value is -3.82. The fraction of sp³-hybridized carbons (Fsp3) is 0.292. The fourth-order valence-electron chi connectivity index (χ4n) is 4.52. The molecule has 0 N–H and O–H groups in total. The third kappa shape index (κ3) is 3.78. The number of amides is 2. The molecule has 2 amide bonds. The second-order valence-electron chi connectivity index (χ2n) is 8.45. The number of hydrogen-bond donors (Lipinski definition) is 0. The lowest BCUT2D eigenvalue weighted by Gasteiger charge is -2.35. The zero-order valence-electron chi connectivity index (χ0n) is 18.2. The van der Waals surface area contributed by atoms with Crippen LogP contribution in [0, 0.1) is 17.5 Å². The molecular formula is C24H21F3N4O3. The van der Waals surface area contributed by atoms with E-state index in [1.54, 1.807) is 15.8 Å². The van der Waals surface area contributed by atoms with Gasteiger partial charge in [-0.2, -0.15) is 5.10 Å². The summed E-state index contributed by atoms with van der Waals surface area (Å²) in [6.45, 7) is 2.55. The first-order valence-corrected chi connectivity index (χ1v) is 10.8. The van der Waals surface area contributed by atoms with Crippen LogP contribution in [0.4, 0.5) is 23.7 Å². The Morgan fingerprint density at radius 1 is 1.15 bits per heavy atom. The molecule has 10 heteroatoms. The van der Waals surface area contributed by atoms with Gasteiger partial charge in [-0.15, -0.1) is 0 Å². The van der Waals surface area contributed by atoms with Gasteiger partial charge in [0.2, 0.25) is 5.91 Å². The molecule has 1 fully saturated rings. The minimum Gasteiger partial charge on any atom is -0.447 e. The summed E-state index contributed by atoms with van der Waals surface area (Å²) in [5.41, 5.74) is 2.15. The number of anilines is 1. The Balaban J connectivity index is 1.42. The van der Waals surface area contributed by atoms with Gasteiger partial charge < -0.3 is 9.64 Å². The third-order valence-corrected chi connectivity index (χ3v) is 6.25. The van der Waals surface area contributed by atoms with E-state index in [1.165, 1.54) is 4.90 Å². The maximum Gasteiger partial charge on any atom is 0.415 e. The van der Waals surface area contributed by atoms with Crippen molar-refractivity contribution in [2.45, 2.75) is 38.5 Å². The molecule has 0 bridgehead atoms. The average molecular weight is 470 g/mol. The van der Waals surface area contributed by atoms with Crippen molar-refractivity contribution in [3.8, 4) is 0 Å². The predicted molar refractivity (Wildman–Crippen MR) is 115 cm³/mol. The van der Waals surface area contributed by atoms with E-state index in [0.29, 0.717) is 17.9 Å². The van der Waals surface area contributed by atoms with Crippen molar-refractivity contribution in [2.75, 3.05) is 11.5 Å². The van der Waals surface area contributed by atoms with Crippen LogP contribution in [0.3, 0.4) is 0 Å². The van der Waals surface area contributed by atoms with Crippen LogP contribution in [0.5, 0.6) is 0 Å². The monoisotopic (exact) mass is 470 g/mol. The van der Waals surface area contributed by atoms with Crippen molar-refractivity contribution < 1.29 is 27.5 Å². The van der Waals surface area contributed by atoms with Gasteiger partial charge >= 0.3 is 6.09 Å². The van der Waals surface area contributed by atoms with Gasteiger partial charge in [0.1, 0.15) is 6.61 Å². The minimum absolute atomic E-state index is 0.0418. The van der Waals surface area contributed by atoms with E-state index in [1.807, 2.05) is 37.3 Å². The maximum atomic E-state index is 13.6. The van der Waals surface area contributed by atoms with Gasteiger partial charge in [0.25, 0.3) is 0 Å². The number of aromatic nitrogens is 2. The van der Waals surface area contributed by atoms with Crippen LogP contribution in [-0.2, 0) is 29.0 Å². The highest BCUT2D eigenvalue weighted by Gasteiger charge is 2.39. The highest BCUT2D eigenvalue weighted by molar-refractivity contribution is 5.91. The molecule has 0 unspecified atom stereocenters. The molecule has 2 aliphatic rings. The predicted octanol–water partition coefficient (Wildman–Crippen LogP) is 3.97. The lowest BCUT2D eigenvalue weighted by Crippen LogP contribution is -2.46. The lowest BCUT2D eigenvalue weighted by atomic mass is 10.1. The van der Waals surface area contributed by atoms with Gasteiger partial charge in [-0.05, 0) is 30.2 Å². The van der Waals surface area contributed by atoms with Gasteiger partial charge in [0.15, 0.2) is 17.5 Å². The Bertz CT molecular complexity index is 1240. The van der Waals surface area contributed by atoms with E-state index in [9.17, 15) is 22.8 Å². The molecule has 3 heterocycles. The minimum atomic E-state index is -1.57. The van der Waals surface area contributed by atoms with Gasteiger partial charge in [-0.3, -0.25) is 14.4 Å². The molecule has 5 rings (SSSR count). The van der Waals surface area contributed by atoms with Crippen molar-refractivity contribution >= 4 is 17.7 Å². The summed E-state index contributed by atoms with van der Waals surface area (Å²) >= 11 is 0. The van der Waals surface area contributed by atoms with Gasteiger partial charge in [0, 0.05) is 6.04 Å². The topological polar surface area (TPSA) is 67.7 Å². The number of benzene rings is 2. The molecule has 0 saturated carbocycles. The van der Waals surface area contributed by atoms with E-state index in [0.717, 1.165) is 17.7 Å². The van der Waals surface area contributed by atoms with Crippen molar-refractivity contribution in [2.24, 2.45) is 0 Å². The third-order valence-electron chi connectivity index (χ3n) is 6.25. The van der Waals surface area contributed by atoms with Crippen molar-refractivity contribution in [3.63, 3.8) is 0 Å². The summed E-state index contributed by atoms with van der Waals surface area (Å²) in [5, 5.41) is 4.41. The second kappa shape index (κ2) is 8.51. The van der Waals surface area contributed by atoms with Crippen LogP contribution in [0.2, 0.25) is 0 Å². The molecule has 1 saturated heterocycles. The quantitative estimate of drug-likeness (QED) is 0.542. The first kappa shape index (κ1) is 22.0. The molecule has 0 radical (unpaired) electrons. The van der Waals surface area contributed by atoms with E-state index in [2.05, 4.69) is 5.10 Å². The molecule has 176 valence electrons. The molecule has 3 aromatic rings. The number of hydrogen-bond acceptors (Lipinski definition) is 4. The molecular weight excluding hydrogens is 449 g/mol. The number of rotatable bonds is 4. The molecule has 34 heavy (non-hydrogen) atoms. The van der Waals surface area contributed by atoms with E-state index < -0.39 is 23.5 Å². The zero-order valence-corrected chi connectivity index (χ0v) is 18.2. The fourth-order valence-corrected chi connectivity index (χ4v) is 4.52. The average Bonchev–Trinajstić information content (AvgIpc) is 3.39. The van der Waals surface area contributed by atoms with Crippen LogP contribution in [-0.4, -0.2) is 39.3 Å². The van der Waals surface area contributed by atoms with Gasteiger partial charge in [-0.25, -0.2) is 18.0 Å². The highest BCUT2D eigenvalue weighted by Crippen LogP contribution is 2.37. The number of fused-ring (bicyclic) bond motifs is 1. The van der Waals surface area contributed by atoms with E-state index in [-0.39, 0.29) is 43.1 Å². The first-order chi connectivity index (χ1) is 16.3. The van der Waals surface area contributed by atoms with E-state index in [4.69, 9.17) is 4.74 Å². The number of nitrogens with zero attached hydrogens (tertiary/aromatic N) is 4. The van der Waals surface area contributed by atoms with Gasteiger partial charge in [0.05, 0.1) is 43.1 Å². The highest BCUT2D eigenvalue weighted by atomic mass is 19.2. The normalized spacial score (nSPS) is 19.8. The number of ether oxygens (including phenoxy) is 1. The second-order valence-corrected chi connectivity index (χ2v) is 8.45. The van der Waals surface area contributed by atoms with Crippen molar-refractivity contribution in [3.05, 3.63) is 82.9 Å². The summed E-state index contributed by atoms with van der Waals surface area (Å²) in [7, 11) is 0. The van der Waals surface area contributed by atoms with Crippen LogP contribution in [0.1, 0.15) is 29.8 Å². The largest absolute Gasteiger partial charge is 0.447 e. The SMILES string of the molecule is C[C@H]1Cn2ncc(N3C(=O)OC[C@H]3c3ccccc3)c2CN1C(=O)Cc1cc(F)c(F)c(F)c1. The zero-order chi connectivity index (χ0) is 24.0. The number of halogens is 3. The molecule has 0 aliphatic carbocycles. The lowest BCUT2D eigenvalue weighted by molar-refractivity contribution is -0.134. The molecule has 2 aromatic carbocycles. The van der Waals surface area contributed by atoms with Gasteiger partial charge in [-0.1, -0.05) is 30.3 Å². The summed E-state index contributed by atoms with van der Waals surface area (Å²) in [5.74, 6) is -4.62. The summed E-state index contributed by atoms with van der Waals surface area (Å²) in [6, 6.07) is 10.5. The Labute approximate surface area is 193 Å². The Kier molecular flexibility index (Phi) is 5.51. The number of carbonyl (C=O) groups is 2. The summed E-state index contributed by atoms with van der Waals surface area (Å²) in [6.07, 6.45) is 0.794.